The van der Waals surface area contributed by atoms with Crippen molar-refractivity contribution in [2.75, 3.05) is 38.7 Å². The number of urea groups is 1. The first kappa shape index (κ1) is 23.1. The van der Waals surface area contributed by atoms with Gasteiger partial charge in [-0.05, 0) is 43.9 Å². The predicted octanol–water partition coefficient (Wildman–Crippen LogP) is 4.15. The standard InChI is InChI=1S/C26H33N3O4/c1-32-24-14-6-5-9-20(24)17-29(19-23-13-8-16-33-23)25(30)21-10-7-15-28(18-21)26(31)27-22-11-3-2-4-12-22/h2-6,9,11-12,14,21,23H,7-8,10,13,15-19H2,1H3,(H,27,31). The molecule has 2 aliphatic rings. The maximum atomic E-state index is 13.7. The van der Waals surface area contributed by atoms with Gasteiger partial charge in [-0.2, -0.15) is 0 Å². The minimum Gasteiger partial charge on any atom is -0.496 e. The molecule has 33 heavy (non-hydrogen) atoms. The Kier molecular flexibility index (Phi) is 7.83. The molecule has 2 heterocycles. The molecule has 0 radical (unpaired) electrons. The van der Waals surface area contributed by atoms with Crippen molar-refractivity contribution >= 4 is 17.6 Å². The lowest BCUT2D eigenvalue weighted by Crippen LogP contribution is -2.49. The number of para-hydroxylation sites is 2. The van der Waals surface area contributed by atoms with E-state index in [4.69, 9.17) is 9.47 Å². The van der Waals surface area contributed by atoms with Crippen molar-refractivity contribution in [1.82, 2.24) is 9.80 Å². The molecule has 0 saturated carbocycles. The summed E-state index contributed by atoms with van der Waals surface area (Å²) in [5, 5.41) is 2.94. The van der Waals surface area contributed by atoms with Gasteiger partial charge in [0.15, 0.2) is 0 Å². The number of hydrogen-bond acceptors (Lipinski definition) is 4. The molecule has 2 aliphatic heterocycles. The smallest absolute Gasteiger partial charge is 0.321 e. The summed E-state index contributed by atoms with van der Waals surface area (Å²) < 4.78 is 11.4. The number of carbonyl (C=O) groups excluding carboxylic acids is 2. The molecule has 0 bridgehead atoms. The van der Waals surface area contributed by atoms with Gasteiger partial charge >= 0.3 is 6.03 Å². The van der Waals surface area contributed by atoms with Gasteiger partial charge in [-0.3, -0.25) is 4.79 Å². The summed E-state index contributed by atoms with van der Waals surface area (Å²) in [5.74, 6) is 0.625. The zero-order chi connectivity index (χ0) is 23.0. The molecule has 0 spiro atoms. The lowest BCUT2D eigenvalue weighted by molar-refractivity contribution is -0.139. The second-order valence-corrected chi connectivity index (χ2v) is 8.75. The zero-order valence-electron chi connectivity index (χ0n) is 19.2. The van der Waals surface area contributed by atoms with E-state index in [9.17, 15) is 9.59 Å². The average Bonchev–Trinajstić information content (AvgIpc) is 3.37. The Labute approximate surface area is 195 Å². The molecular formula is C26H33N3O4. The van der Waals surface area contributed by atoms with Crippen LogP contribution in [0.1, 0.15) is 31.2 Å². The minimum atomic E-state index is -0.226. The third kappa shape index (κ3) is 6.05. The van der Waals surface area contributed by atoms with E-state index < -0.39 is 0 Å². The summed E-state index contributed by atoms with van der Waals surface area (Å²) in [6.07, 6.45) is 3.64. The topological polar surface area (TPSA) is 71.1 Å². The Morgan fingerprint density at radius 1 is 1.09 bits per heavy atom. The number of nitrogens with one attached hydrogen (secondary N) is 1. The van der Waals surface area contributed by atoms with E-state index in [-0.39, 0.29) is 24.0 Å². The fourth-order valence-corrected chi connectivity index (χ4v) is 4.65. The maximum absolute atomic E-state index is 13.7. The first-order valence-corrected chi connectivity index (χ1v) is 11.8. The largest absolute Gasteiger partial charge is 0.496 e. The molecule has 2 fully saturated rings. The summed E-state index contributed by atoms with van der Waals surface area (Å²) in [5.41, 5.74) is 1.73. The van der Waals surface area contributed by atoms with Crippen LogP contribution < -0.4 is 10.1 Å². The zero-order valence-corrected chi connectivity index (χ0v) is 19.2. The van der Waals surface area contributed by atoms with Crippen molar-refractivity contribution in [3.8, 4) is 5.75 Å². The van der Waals surface area contributed by atoms with E-state index in [1.165, 1.54) is 0 Å². The molecule has 2 saturated heterocycles. The fourth-order valence-electron chi connectivity index (χ4n) is 4.65. The van der Waals surface area contributed by atoms with Crippen molar-refractivity contribution in [3.05, 3.63) is 60.2 Å². The van der Waals surface area contributed by atoms with E-state index in [0.717, 1.165) is 49.3 Å². The lowest BCUT2D eigenvalue weighted by atomic mass is 9.96. The summed E-state index contributed by atoms with van der Waals surface area (Å²) in [6, 6.07) is 17.1. The number of anilines is 1. The molecule has 4 rings (SSSR count). The quantitative estimate of drug-likeness (QED) is 0.687. The van der Waals surface area contributed by atoms with Crippen LogP contribution in [0.5, 0.6) is 5.75 Å². The van der Waals surface area contributed by atoms with Gasteiger partial charge in [0, 0.05) is 44.0 Å². The monoisotopic (exact) mass is 451 g/mol. The number of ether oxygens (including phenoxy) is 2. The lowest BCUT2D eigenvalue weighted by Gasteiger charge is -2.36. The molecule has 176 valence electrons. The molecule has 0 aromatic heterocycles. The highest BCUT2D eigenvalue weighted by Crippen LogP contribution is 2.25. The van der Waals surface area contributed by atoms with Gasteiger partial charge in [0.25, 0.3) is 0 Å². The second-order valence-electron chi connectivity index (χ2n) is 8.75. The van der Waals surface area contributed by atoms with E-state index in [1.807, 2.05) is 59.5 Å². The number of benzene rings is 2. The fraction of sp³-hybridized carbons (Fsp3) is 0.462. The highest BCUT2D eigenvalue weighted by Gasteiger charge is 2.33. The number of rotatable bonds is 7. The van der Waals surface area contributed by atoms with Crippen molar-refractivity contribution in [3.63, 3.8) is 0 Å². The van der Waals surface area contributed by atoms with Crippen LogP contribution in [0, 0.1) is 5.92 Å². The third-order valence-electron chi connectivity index (χ3n) is 6.40. The third-order valence-corrected chi connectivity index (χ3v) is 6.40. The normalized spacial score (nSPS) is 20.3. The van der Waals surface area contributed by atoms with E-state index >= 15 is 0 Å². The van der Waals surface area contributed by atoms with E-state index in [0.29, 0.717) is 26.2 Å². The van der Waals surface area contributed by atoms with Crippen molar-refractivity contribution in [2.24, 2.45) is 5.92 Å². The number of carbonyl (C=O) groups is 2. The predicted molar refractivity (Wildman–Crippen MR) is 127 cm³/mol. The van der Waals surface area contributed by atoms with E-state index in [2.05, 4.69) is 5.32 Å². The Hall–Kier alpha value is -3.06. The first-order valence-electron chi connectivity index (χ1n) is 11.8. The number of piperidine rings is 1. The Balaban J connectivity index is 1.45. The number of hydrogen-bond donors (Lipinski definition) is 1. The highest BCUT2D eigenvalue weighted by atomic mass is 16.5. The van der Waals surface area contributed by atoms with Gasteiger partial charge in [0.05, 0.1) is 19.1 Å². The SMILES string of the molecule is COc1ccccc1CN(CC1CCCO1)C(=O)C1CCCN(C(=O)Nc2ccccc2)C1. The highest BCUT2D eigenvalue weighted by molar-refractivity contribution is 5.90. The van der Waals surface area contributed by atoms with Crippen molar-refractivity contribution in [2.45, 2.75) is 38.3 Å². The summed E-state index contributed by atoms with van der Waals surface area (Å²) in [6.45, 7) is 2.85. The molecule has 2 atom stereocenters. The van der Waals surface area contributed by atoms with Gasteiger partial charge in [-0.25, -0.2) is 4.79 Å². The first-order chi connectivity index (χ1) is 16.1. The molecule has 2 unspecified atom stereocenters. The van der Waals surface area contributed by atoms with Crippen LogP contribution in [-0.2, 0) is 16.1 Å². The van der Waals surface area contributed by atoms with Gasteiger partial charge in [-0.1, -0.05) is 36.4 Å². The Bertz CT molecular complexity index is 930. The molecule has 7 nitrogen and oxygen atoms in total. The van der Waals surface area contributed by atoms with Crippen LogP contribution in [0.25, 0.3) is 0 Å². The molecule has 0 aliphatic carbocycles. The maximum Gasteiger partial charge on any atom is 0.321 e. The van der Waals surface area contributed by atoms with Gasteiger partial charge < -0.3 is 24.6 Å². The number of amides is 3. The molecule has 7 heteroatoms. The van der Waals surface area contributed by atoms with Crippen LogP contribution in [0.4, 0.5) is 10.5 Å². The molecule has 2 aromatic carbocycles. The summed E-state index contributed by atoms with van der Waals surface area (Å²) in [4.78, 5) is 30.2. The second kappa shape index (κ2) is 11.2. The molecule has 1 N–H and O–H groups in total. The van der Waals surface area contributed by atoms with Gasteiger partial charge in [0.2, 0.25) is 5.91 Å². The van der Waals surface area contributed by atoms with Crippen molar-refractivity contribution < 1.29 is 19.1 Å². The summed E-state index contributed by atoms with van der Waals surface area (Å²) >= 11 is 0. The number of nitrogens with zero attached hydrogens (tertiary/aromatic N) is 2. The molecular weight excluding hydrogens is 418 g/mol. The molecule has 3 amide bonds. The number of methoxy groups -OCH3 is 1. The molecule has 2 aromatic rings. The van der Waals surface area contributed by atoms with Crippen LogP contribution in [-0.4, -0.2) is 61.2 Å². The minimum absolute atomic E-state index is 0.0599. The van der Waals surface area contributed by atoms with Gasteiger partial charge in [0.1, 0.15) is 5.75 Å². The van der Waals surface area contributed by atoms with Crippen LogP contribution in [0.15, 0.2) is 54.6 Å². The van der Waals surface area contributed by atoms with Crippen LogP contribution in [0.3, 0.4) is 0 Å². The summed E-state index contributed by atoms with van der Waals surface area (Å²) in [7, 11) is 1.65. The Morgan fingerprint density at radius 3 is 2.64 bits per heavy atom. The Morgan fingerprint density at radius 2 is 1.88 bits per heavy atom. The average molecular weight is 452 g/mol. The van der Waals surface area contributed by atoms with Crippen LogP contribution in [0.2, 0.25) is 0 Å². The van der Waals surface area contributed by atoms with Gasteiger partial charge in [-0.15, -0.1) is 0 Å². The number of likely N-dealkylation sites (tertiary alicyclic amines) is 1. The van der Waals surface area contributed by atoms with E-state index in [1.54, 1.807) is 12.0 Å². The van der Waals surface area contributed by atoms with Crippen LogP contribution >= 0.6 is 0 Å². The van der Waals surface area contributed by atoms with Crippen molar-refractivity contribution in [1.29, 1.82) is 0 Å².